The van der Waals surface area contributed by atoms with Gasteiger partial charge in [0.15, 0.2) is 0 Å². The summed E-state index contributed by atoms with van der Waals surface area (Å²) in [5.41, 5.74) is 3.06. The van der Waals surface area contributed by atoms with Crippen molar-refractivity contribution in [3.63, 3.8) is 0 Å². The Bertz CT molecular complexity index is 453. The van der Waals surface area contributed by atoms with E-state index in [1.54, 1.807) is 0 Å². The molecule has 2 aromatic carbocycles. The van der Waals surface area contributed by atoms with Crippen LogP contribution in [0.1, 0.15) is 11.1 Å². The first-order chi connectivity index (χ1) is 8.25. The second-order valence-corrected chi connectivity index (χ2v) is 4.06. The van der Waals surface area contributed by atoms with Crippen molar-refractivity contribution in [1.82, 2.24) is 0 Å². The van der Waals surface area contributed by atoms with E-state index < -0.39 is 7.12 Å². The lowest BCUT2D eigenvalue weighted by molar-refractivity contribution is 0.259. The van der Waals surface area contributed by atoms with Gasteiger partial charge in [0.1, 0.15) is 0 Å². The molecule has 0 aliphatic rings. The molecule has 0 radical (unpaired) electrons. The van der Waals surface area contributed by atoms with Gasteiger partial charge in [0.2, 0.25) is 0 Å². The van der Waals surface area contributed by atoms with Gasteiger partial charge in [-0.05, 0) is 17.9 Å². The van der Waals surface area contributed by atoms with Crippen molar-refractivity contribution in [2.24, 2.45) is 0 Å². The van der Waals surface area contributed by atoms with E-state index in [1.807, 2.05) is 61.5 Å². The quantitative estimate of drug-likeness (QED) is 0.806. The lowest BCUT2D eigenvalue weighted by Gasteiger charge is -2.08. The van der Waals surface area contributed by atoms with E-state index in [2.05, 4.69) is 0 Å². The van der Waals surface area contributed by atoms with Crippen molar-refractivity contribution in [1.29, 1.82) is 0 Å². The molecule has 0 saturated heterocycles. The summed E-state index contributed by atoms with van der Waals surface area (Å²) in [7, 11) is -0.863. The van der Waals surface area contributed by atoms with E-state index in [4.69, 9.17) is 4.65 Å². The molecule has 86 valence electrons. The van der Waals surface area contributed by atoms with Crippen LogP contribution in [0.2, 0.25) is 0 Å². The molecular weight excluding hydrogens is 211 g/mol. The molecule has 0 bridgehead atoms. The molecule has 1 N–H and O–H groups in total. The van der Waals surface area contributed by atoms with Crippen molar-refractivity contribution in [2.45, 2.75) is 13.5 Å². The third-order valence-corrected chi connectivity index (χ3v) is 2.61. The maximum atomic E-state index is 9.81. The standard InChI is InChI=1S/C14H15BO2/c1-12-7-9-13(10-8-12)11-17-15(16)14-5-3-2-4-6-14/h2-10,16H,11H2,1H3. The highest BCUT2D eigenvalue weighted by atomic mass is 16.5. The van der Waals surface area contributed by atoms with Gasteiger partial charge in [-0.1, -0.05) is 60.2 Å². The summed E-state index contributed by atoms with van der Waals surface area (Å²) in [5, 5.41) is 9.81. The van der Waals surface area contributed by atoms with Gasteiger partial charge in [-0.25, -0.2) is 0 Å². The summed E-state index contributed by atoms with van der Waals surface area (Å²) in [5.74, 6) is 0. The Kier molecular flexibility index (Phi) is 3.96. The first kappa shape index (κ1) is 11.9. The number of aryl methyl sites for hydroxylation is 1. The highest BCUT2D eigenvalue weighted by Crippen LogP contribution is 2.04. The SMILES string of the molecule is Cc1ccc(COB(O)c2ccccc2)cc1. The minimum absolute atomic E-state index is 0.413. The fraction of sp³-hybridized carbons (Fsp3) is 0.143. The largest absolute Gasteiger partial charge is 0.491 e. The minimum atomic E-state index is -0.863. The van der Waals surface area contributed by atoms with E-state index in [9.17, 15) is 5.02 Å². The predicted octanol–water partition coefficient (Wildman–Crippen LogP) is 1.90. The van der Waals surface area contributed by atoms with Crippen LogP contribution in [0, 0.1) is 6.92 Å². The van der Waals surface area contributed by atoms with Crippen LogP contribution < -0.4 is 5.46 Å². The summed E-state index contributed by atoms with van der Waals surface area (Å²) in [4.78, 5) is 0. The molecular formula is C14H15BO2. The van der Waals surface area contributed by atoms with Gasteiger partial charge >= 0.3 is 7.12 Å². The first-order valence-electron chi connectivity index (χ1n) is 5.66. The fourth-order valence-corrected chi connectivity index (χ4v) is 1.57. The summed E-state index contributed by atoms with van der Waals surface area (Å²) < 4.78 is 5.41. The Labute approximate surface area is 102 Å². The first-order valence-corrected chi connectivity index (χ1v) is 5.66. The second-order valence-electron chi connectivity index (χ2n) is 4.06. The predicted molar refractivity (Wildman–Crippen MR) is 70.0 cm³/mol. The van der Waals surface area contributed by atoms with Crippen LogP contribution in [0.15, 0.2) is 54.6 Å². The van der Waals surface area contributed by atoms with E-state index in [0.29, 0.717) is 6.61 Å². The monoisotopic (exact) mass is 226 g/mol. The topological polar surface area (TPSA) is 29.5 Å². The Morgan fingerprint density at radius 2 is 1.65 bits per heavy atom. The Morgan fingerprint density at radius 1 is 1.00 bits per heavy atom. The van der Waals surface area contributed by atoms with Gasteiger partial charge in [0.25, 0.3) is 0 Å². The fourth-order valence-electron chi connectivity index (χ4n) is 1.57. The number of rotatable bonds is 4. The second kappa shape index (κ2) is 5.66. The van der Waals surface area contributed by atoms with Crippen LogP contribution in [0.25, 0.3) is 0 Å². The van der Waals surface area contributed by atoms with Crippen LogP contribution in [-0.2, 0) is 11.3 Å². The molecule has 0 aromatic heterocycles. The third-order valence-electron chi connectivity index (χ3n) is 2.61. The zero-order chi connectivity index (χ0) is 12.1. The highest BCUT2D eigenvalue weighted by Gasteiger charge is 2.15. The zero-order valence-corrected chi connectivity index (χ0v) is 9.84. The van der Waals surface area contributed by atoms with E-state index in [1.165, 1.54) is 5.56 Å². The Morgan fingerprint density at radius 3 is 2.29 bits per heavy atom. The van der Waals surface area contributed by atoms with Crippen molar-refractivity contribution in [3.8, 4) is 0 Å². The maximum absolute atomic E-state index is 9.81. The van der Waals surface area contributed by atoms with E-state index >= 15 is 0 Å². The van der Waals surface area contributed by atoms with Crippen LogP contribution in [-0.4, -0.2) is 12.1 Å². The molecule has 0 saturated carbocycles. The highest BCUT2D eigenvalue weighted by molar-refractivity contribution is 6.59. The minimum Gasteiger partial charge on any atom is -0.423 e. The number of benzene rings is 2. The van der Waals surface area contributed by atoms with Gasteiger partial charge in [0, 0.05) is 0 Å². The van der Waals surface area contributed by atoms with Gasteiger partial charge in [-0.3, -0.25) is 0 Å². The van der Waals surface area contributed by atoms with Gasteiger partial charge in [0.05, 0.1) is 6.61 Å². The van der Waals surface area contributed by atoms with Crippen LogP contribution >= 0.6 is 0 Å². The average molecular weight is 226 g/mol. The molecule has 0 amide bonds. The molecule has 0 heterocycles. The van der Waals surface area contributed by atoms with E-state index in [-0.39, 0.29) is 0 Å². The molecule has 17 heavy (non-hydrogen) atoms. The average Bonchev–Trinajstić information content (AvgIpc) is 2.39. The van der Waals surface area contributed by atoms with E-state index in [0.717, 1.165) is 11.0 Å². The molecule has 0 unspecified atom stereocenters. The molecule has 0 aliphatic heterocycles. The summed E-state index contributed by atoms with van der Waals surface area (Å²) in [6.07, 6.45) is 0. The van der Waals surface area contributed by atoms with Crippen LogP contribution in [0.5, 0.6) is 0 Å². The van der Waals surface area contributed by atoms with Gasteiger partial charge in [-0.2, -0.15) is 0 Å². The number of hydrogen-bond acceptors (Lipinski definition) is 2. The lowest BCUT2D eigenvalue weighted by Crippen LogP contribution is -2.33. The smallest absolute Gasteiger partial charge is 0.423 e. The molecule has 2 rings (SSSR count). The molecule has 2 aromatic rings. The third kappa shape index (κ3) is 3.44. The molecule has 0 aliphatic carbocycles. The number of hydrogen-bond donors (Lipinski definition) is 1. The summed E-state index contributed by atoms with van der Waals surface area (Å²) in [6.45, 7) is 2.46. The summed E-state index contributed by atoms with van der Waals surface area (Å²) >= 11 is 0. The van der Waals surface area contributed by atoms with Crippen LogP contribution in [0.3, 0.4) is 0 Å². The lowest BCUT2D eigenvalue weighted by atomic mass is 9.80. The molecule has 0 fully saturated rings. The molecule has 0 atom stereocenters. The Hall–Kier alpha value is -1.58. The normalized spacial score (nSPS) is 10.2. The van der Waals surface area contributed by atoms with Gasteiger partial charge in [-0.15, -0.1) is 0 Å². The zero-order valence-electron chi connectivity index (χ0n) is 9.84. The molecule has 2 nitrogen and oxygen atoms in total. The summed E-state index contributed by atoms with van der Waals surface area (Å²) in [6, 6.07) is 17.5. The van der Waals surface area contributed by atoms with Crippen molar-refractivity contribution >= 4 is 12.6 Å². The van der Waals surface area contributed by atoms with Crippen molar-refractivity contribution < 1.29 is 9.68 Å². The van der Waals surface area contributed by atoms with Gasteiger partial charge < -0.3 is 9.68 Å². The molecule has 3 heteroatoms. The Balaban J connectivity index is 1.92. The van der Waals surface area contributed by atoms with Crippen LogP contribution in [0.4, 0.5) is 0 Å². The molecule has 0 spiro atoms. The van der Waals surface area contributed by atoms with Crippen molar-refractivity contribution in [3.05, 3.63) is 65.7 Å². The van der Waals surface area contributed by atoms with Crippen molar-refractivity contribution in [2.75, 3.05) is 0 Å². The maximum Gasteiger partial charge on any atom is 0.491 e.